The van der Waals surface area contributed by atoms with Crippen LogP contribution < -0.4 is 0 Å². The van der Waals surface area contributed by atoms with Crippen LogP contribution in [0.5, 0.6) is 0 Å². The Balaban J connectivity index is 2.19. The molecular formula is C12H10BrNO3. The van der Waals surface area contributed by atoms with E-state index < -0.39 is 17.6 Å². The Morgan fingerprint density at radius 2 is 2.18 bits per heavy atom. The molecule has 2 heterocycles. The molecule has 1 atom stereocenters. The minimum Gasteiger partial charge on any atom is -0.428 e. The minimum absolute atomic E-state index is 0.524. The molecule has 4 nitrogen and oxygen atoms in total. The highest BCUT2D eigenvalue weighted by Crippen LogP contribution is 2.41. The largest absolute Gasteiger partial charge is 0.428 e. The Morgan fingerprint density at radius 1 is 1.41 bits per heavy atom. The van der Waals surface area contributed by atoms with Gasteiger partial charge >= 0.3 is 11.9 Å². The number of carbonyl (C=O) groups is 2. The fourth-order valence-electron chi connectivity index (χ4n) is 2.53. The summed E-state index contributed by atoms with van der Waals surface area (Å²) in [5.74, 6) is -1.31. The van der Waals surface area contributed by atoms with Gasteiger partial charge in [-0.1, -0.05) is 22.0 Å². The van der Waals surface area contributed by atoms with Gasteiger partial charge in [-0.3, -0.25) is 9.69 Å². The second kappa shape index (κ2) is 3.32. The zero-order valence-corrected chi connectivity index (χ0v) is 10.8. The molecule has 0 saturated carbocycles. The molecule has 1 fully saturated rings. The van der Waals surface area contributed by atoms with E-state index in [9.17, 15) is 9.59 Å². The minimum atomic E-state index is -0.939. The van der Waals surface area contributed by atoms with Crippen LogP contribution in [0, 0.1) is 0 Å². The van der Waals surface area contributed by atoms with Gasteiger partial charge in [0.2, 0.25) is 5.72 Å². The molecule has 0 bridgehead atoms. The number of hydrogen-bond donors (Lipinski definition) is 0. The first-order valence-corrected chi connectivity index (χ1v) is 6.15. The molecule has 0 aliphatic carbocycles. The standard InChI is InChI=1S/C12H10BrNO3/c1-12-9-6-8(13)3-2-7(9)4-5-14(12)10(15)11(16)17-12/h2-3,6H,4-5H2,1H3/t12-/m1/s1. The Hall–Kier alpha value is -1.36. The normalized spacial score (nSPS) is 26.6. The summed E-state index contributed by atoms with van der Waals surface area (Å²) in [6.45, 7) is 2.29. The first kappa shape index (κ1) is 10.8. The number of nitrogens with zero attached hydrogens (tertiary/aromatic N) is 1. The molecule has 0 N–H and O–H groups in total. The van der Waals surface area contributed by atoms with Crippen LogP contribution in [0.25, 0.3) is 0 Å². The summed E-state index contributed by atoms with van der Waals surface area (Å²) >= 11 is 3.40. The van der Waals surface area contributed by atoms with E-state index in [1.165, 1.54) is 4.90 Å². The molecule has 1 amide bonds. The molecule has 0 aromatic heterocycles. The van der Waals surface area contributed by atoms with Crippen molar-refractivity contribution in [1.82, 2.24) is 4.90 Å². The van der Waals surface area contributed by atoms with Gasteiger partial charge in [0.1, 0.15) is 0 Å². The number of rotatable bonds is 0. The number of fused-ring (bicyclic) bond motifs is 3. The number of halogens is 1. The third kappa shape index (κ3) is 1.35. The highest BCUT2D eigenvalue weighted by Gasteiger charge is 2.53. The van der Waals surface area contributed by atoms with Gasteiger partial charge in [-0.25, -0.2) is 4.79 Å². The second-order valence-electron chi connectivity index (χ2n) is 4.38. The van der Waals surface area contributed by atoms with Crippen molar-refractivity contribution in [3.8, 4) is 0 Å². The lowest BCUT2D eigenvalue weighted by molar-refractivity contribution is -0.154. The summed E-state index contributed by atoms with van der Waals surface area (Å²) in [7, 11) is 0. The fourth-order valence-corrected chi connectivity index (χ4v) is 2.89. The van der Waals surface area contributed by atoms with Crippen molar-refractivity contribution < 1.29 is 14.3 Å². The van der Waals surface area contributed by atoms with Gasteiger partial charge in [-0.2, -0.15) is 0 Å². The molecule has 2 aliphatic heterocycles. The number of benzene rings is 1. The number of esters is 1. The smallest absolute Gasteiger partial charge is 0.399 e. The van der Waals surface area contributed by atoms with Crippen LogP contribution in [0.15, 0.2) is 22.7 Å². The van der Waals surface area contributed by atoms with Gasteiger partial charge in [0.15, 0.2) is 0 Å². The molecule has 2 aliphatic rings. The quantitative estimate of drug-likeness (QED) is 0.539. The molecule has 17 heavy (non-hydrogen) atoms. The van der Waals surface area contributed by atoms with E-state index in [2.05, 4.69) is 15.9 Å². The Morgan fingerprint density at radius 3 is 2.94 bits per heavy atom. The number of ether oxygens (including phenoxy) is 1. The lowest BCUT2D eigenvalue weighted by Crippen LogP contribution is -2.46. The molecule has 88 valence electrons. The van der Waals surface area contributed by atoms with Crippen LogP contribution in [0.1, 0.15) is 18.1 Å². The molecule has 0 unspecified atom stereocenters. The van der Waals surface area contributed by atoms with Crippen LogP contribution in [-0.2, 0) is 26.5 Å². The lowest BCUT2D eigenvalue weighted by atomic mass is 9.91. The monoisotopic (exact) mass is 295 g/mol. The number of carbonyl (C=O) groups excluding carboxylic acids is 2. The number of amides is 1. The summed E-state index contributed by atoms with van der Waals surface area (Å²) in [5, 5.41) is 0. The third-order valence-electron chi connectivity index (χ3n) is 3.40. The van der Waals surface area contributed by atoms with E-state index in [4.69, 9.17) is 4.74 Å². The fraction of sp³-hybridized carbons (Fsp3) is 0.333. The van der Waals surface area contributed by atoms with Gasteiger partial charge in [-0.05, 0) is 31.0 Å². The van der Waals surface area contributed by atoms with E-state index in [1.54, 1.807) is 6.92 Å². The predicted molar refractivity (Wildman–Crippen MR) is 63.0 cm³/mol. The molecule has 1 aromatic rings. The van der Waals surface area contributed by atoms with E-state index in [0.29, 0.717) is 6.54 Å². The third-order valence-corrected chi connectivity index (χ3v) is 3.90. The topological polar surface area (TPSA) is 46.6 Å². The van der Waals surface area contributed by atoms with E-state index >= 15 is 0 Å². The second-order valence-corrected chi connectivity index (χ2v) is 5.30. The van der Waals surface area contributed by atoms with Crippen LogP contribution in [0.4, 0.5) is 0 Å². The van der Waals surface area contributed by atoms with Gasteiger partial charge in [0.25, 0.3) is 0 Å². The Bertz CT molecular complexity index is 543. The maximum atomic E-state index is 11.7. The predicted octanol–water partition coefficient (Wildman–Crippen LogP) is 1.56. The Labute approximate surface area is 107 Å². The summed E-state index contributed by atoms with van der Waals surface area (Å²) < 4.78 is 6.17. The van der Waals surface area contributed by atoms with E-state index in [-0.39, 0.29) is 0 Å². The SMILES string of the molecule is C[C@]12OC(=O)C(=O)N1CCc1ccc(Br)cc12. The average Bonchev–Trinajstić information content (AvgIpc) is 2.51. The van der Waals surface area contributed by atoms with Crippen LogP contribution in [-0.4, -0.2) is 23.3 Å². The van der Waals surface area contributed by atoms with Crippen molar-refractivity contribution in [2.45, 2.75) is 19.1 Å². The summed E-state index contributed by atoms with van der Waals surface area (Å²) in [5.41, 5.74) is 1.07. The van der Waals surface area contributed by atoms with Gasteiger partial charge in [0, 0.05) is 16.6 Å². The van der Waals surface area contributed by atoms with Gasteiger partial charge in [0.05, 0.1) is 0 Å². The van der Waals surface area contributed by atoms with Crippen LogP contribution >= 0.6 is 15.9 Å². The lowest BCUT2D eigenvalue weighted by Gasteiger charge is -2.38. The maximum absolute atomic E-state index is 11.7. The van der Waals surface area contributed by atoms with E-state index in [1.807, 2.05) is 18.2 Å². The van der Waals surface area contributed by atoms with Gasteiger partial charge < -0.3 is 4.74 Å². The van der Waals surface area contributed by atoms with Crippen LogP contribution in [0.2, 0.25) is 0 Å². The molecule has 0 spiro atoms. The first-order valence-electron chi connectivity index (χ1n) is 5.36. The molecule has 3 rings (SSSR count). The van der Waals surface area contributed by atoms with Crippen molar-refractivity contribution in [3.63, 3.8) is 0 Å². The molecule has 0 radical (unpaired) electrons. The molecule has 1 aromatic carbocycles. The van der Waals surface area contributed by atoms with Crippen molar-refractivity contribution in [2.75, 3.05) is 6.54 Å². The summed E-state index contributed by atoms with van der Waals surface area (Å²) in [6, 6.07) is 5.86. The van der Waals surface area contributed by atoms with E-state index in [0.717, 1.165) is 22.0 Å². The highest BCUT2D eigenvalue weighted by molar-refractivity contribution is 9.10. The van der Waals surface area contributed by atoms with Crippen molar-refractivity contribution in [3.05, 3.63) is 33.8 Å². The number of hydrogen-bond acceptors (Lipinski definition) is 3. The zero-order chi connectivity index (χ0) is 12.2. The van der Waals surface area contributed by atoms with Gasteiger partial charge in [-0.15, -0.1) is 0 Å². The highest BCUT2D eigenvalue weighted by atomic mass is 79.9. The van der Waals surface area contributed by atoms with Crippen molar-refractivity contribution >= 4 is 27.8 Å². The molecule has 1 saturated heterocycles. The molecular weight excluding hydrogens is 286 g/mol. The Kier molecular flexibility index (Phi) is 2.10. The maximum Gasteiger partial charge on any atom is 0.399 e. The summed E-state index contributed by atoms with van der Waals surface area (Å²) in [4.78, 5) is 24.6. The van der Waals surface area contributed by atoms with Crippen LogP contribution in [0.3, 0.4) is 0 Å². The summed E-state index contributed by atoms with van der Waals surface area (Å²) in [6.07, 6.45) is 0.751. The molecule has 5 heteroatoms. The zero-order valence-electron chi connectivity index (χ0n) is 9.20. The van der Waals surface area contributed by atoms with Crippen molar-refractivity contribution in [1.29, 1.82) is 0 Å². The first-order chi connectivity index (χ1) is 8.02. The average molecular weight is 296 g/mol. The van der Waals surface area contributed by atoms with Crippen molar-refractivity contribution in [2.24, 2.45) is 0 Å².